The van der Waals surface area contributed by atoms with Gasteiger partial charge >= 0.3 is 5.97 Å². The van der Waals surface area contributed by atoms with Crippen LogP contribution in [0.1, 0.15) is 103 Å². The van der Waals surface area contributed by atoms with E-state index in [-0.39, 0.29) is 98.3 Å². The molecule has 0 radical (unpaired) electrons. The summed E-state index contributed by atoms with van der Waals surface area (Å²) in [5.41, 5.74) is 3.32. The lowest BCUT2D eigenvalue weighted by Crippen LogP contribution is -2.52. The normalized spacial score (nSPS) is 17.5. The lowest BCUT2D eigenvalue weighted by Gasteiger charge is -2.31. The number of aliphatic hydroxyl groups is 1. The van der Waals surface area contributed by atoms with Crippen molar-refractivity contribution in [1.82, 2.24) is 46.4 Å². The minimum Gasteiger partial charge on any atom is -0.458 e. The number of ether oxygens (including phenoxy) is 1. The van der Waals surface area contributed by atoms with Crippen LogP contribution in [0, 0.1) is 12.7 Å². The number of carbonyl (C=O) groups excluding carboxylic acids is 8. The van der Waals surface area contributed by atoms with Crippen molar-refractivity contribution in [2.75, 3.05) is 39.3 Å². The Morgan fingerprint density at radius 2 is 1.54 bits per heavy atom. The van der Waals surface area contributed by atoms with E-state index in [1.54, 1.807) is 54.8 Å². The Balaban J connectivity index is 0.791. The second-order valence-electron chi connectivity index (χ2n) is 19.0. The standard InChI is InChI=1S/C53H60FN9O11/c1-3-53(73)35-23-40-49-33(28-63(40)51(71)34(35)29-74-52(53)72)48-37(16-15-32-30(2)36(54)24-38(61-49)47(32)48)55-19-9-10-20-56-42(65)26-59-50(70)39(22-31-12-6-4-7-13-31)60-44(67)27-58-43(66)25-57-41(64)14-8-5-11-21-62-45(68)17-18-46(62)69/h4,6-7,12-13,17-18,23-24,37,39,55,73H,3,5,8-11,14-16,19-22,25-29H2,1-2H3,(H,56,65)(H,57,64)(H,58,66)(H,59,70)(H,60,67)/t37-,39-,53-/m0/s1. The minimum atomic E-state index is -1.99. The first-order chi connectivity index (χ1) is 35.6. The summed E-state index contributed by atoms with van der Waals surface area (Å²) >= 11 is 0. The summed E-state index contributed by atoms with van der Waals surface area (Å²) in [7, 11) is 0. The average molecular weight is 1020 g/mol. The zero-order valence-corrected chi connectivity index (χ0v) is 41.3. The van der Waals surface area contributed by atoms with Crippen LogP contribution in [0.3, 0.4) is 0 Å². The van der Waals surface area contributed by atoms with Crippen molar-refractivity contribution in [3.63, 3.8) is 0 Å². The van der Waals surface area contributed by atoms with Gasteiger partial charge in [-0.15, -0.1) is 0 Å². The Labute approximate surface area is 425 Å². The lowest BCUT2D eigenvalue weighted by atomic mass is 9.81. The van der Waals surface area contributed by atoms with Gasteiger partial charge in [0.2, 0.25) is 29.5 Å². The van der Waals surface area contributed by atoms with Gasteiger partial charge in [-0.25, -0.2) is 14.2 Å². The van der Waals surface area contributed by atoms with Crippen LogP contribution < -0.4 is 37.5 Å². The van der Waals surface area contributed by atoms with Crippen molar-refractivity contribution in [3.8, 4) is 11.4 Å². The van der Waals surface area contributed by atoms with Crippen LogP contribution in [-0.4, -0.2) is 112 Å². The molecule has 7 N–H and O–H groups in total. The van der Waals surface area contributed by atoms with E-state index in [0.29, 0.717) is 80.5 Å². The molecule has 7 amide bonds. The van der Waals surface area contributed by atoms with E-state index >= 15 is 4.39 Å². The number of imide groups is 1. The first-order valence-corrected chi connectivity index (χ1v) is 25.1. The minimum absolute atomic E-state index is 0.00111. The quantitative estimate of drug-likeness (QED) is 0.0279. The zero-order valence-electron chi connectivity index (χ0n) is 41.3. The first-order valence-electron chi connectivity index (χ1n) is 25.1. The van der Waals surface area contributed by atoms with Crippen LogP contribution in [0.2, 0.25) is 0 Å². The van der Waals surface area contributed by atoms with E-state index in [4.69, 9.17) is 9.72 Å². The maximum atomic E-state index is 15.4. The third-order valence-electron chi connectivity index (χ3n) is 14.1. The van der Waals surface area contributed by atoms with Crippen LogP contribution in [-0.2, 0) is 74.7 Å². The summed E-state index contributed by atoms with van der Waals surface area (Å²) in [5.74, 6) is -4.64. The number of aromatic nitrogens is 2. The van der Waals surface area contributed by atoms with Gasteiger partial charge < -0.3 is 46.3 Å². The number of nitrogens with zero attached hydrogens (tertiary/aromatic N) is 3. The van der Waals surface area contributed by atoms with Crippen molar-refractivity contribution in [3.05, 3.63) is 110 Å². The fraction of sp³-hybridized carbons (Fsp3) is 0.434. The second-order valence-corrected chi connectivity index (χ2v) is 19.0. The molecule has 2 aromatic carbocycles. The summed E-state index contributed by atoms with van der Waals surface area (Å²) in [6.45, 7) is 3.25. The molecule has 0 spiro atoms. The van der Waals surface area contributed by atoms with Crippen molar-refractivity contribution in [2.24, 2.45) is 0 Å². The molecule has 3 aliphatic heterocycles. The number of pyridine rings is 2. The molecule has 4 aliphatic rings. The van der Waals surface area contributed by atoms with Crippen molar-refractivity contribution < 1.29 is 52.6 Å². The molecule has 21 heteroatoms. The molecule has 3 atom stereocenters. The molecule has 20 nitrogen and oxygen atoms in total. The van der Waals surface area contributed by atoms with E-state index in [0.717, 1.165) is 32.5 Å². The van der Waals surface area contributed by atoms with E-state index in [9.17, 15) is 48.3 Å². The van der Waals surface area contributed by atoms with Gasteiger partial charge in [0, 0.05) is 66.7 Å². The van der Waals surface area contributed by atoms with Crippen LogP contribution in [0.25, 0.3) is 22.3 Å². The topological polar surface area (TPSA) is 276 Å². The van der Waals surface area contributed by atoms with E-state index in [2.05, 4.69) is 31.9 Å². The highest BCUT2D eigenvalue weighted by Crippen LogP contribution is 2.46. The molecule has 0 saturated carbocycles. The van der Waals surface area contributed by atoms with Crippen LogP contribution >= 0.6 is 0 Å². The summed E-state index contributed by atoms with van der Waals surface area (Å²) in [6.07, 6.45) is 6.76. The van der Waals surface area contributed by atoms with Crippen molar-refractivity contribution >= 4 is 58.2 Å². The predicted molar refractivity (Wildman–Crippen MR) is 266 cm³/mol. The molecule has 0 unspecified atom stereocenters. The number of fused-ring (bicyclic) bond motifs is 5. The van der Waals surface area contributed by atoms with Gasteiger partial charge in [-0.2, -0.15) is 0 Å². The Bertz CT molecular complexity index is 3000. The summed E-state index contributed by atoms with van der Waals surface area (Å²) in [4.78, 5) is 120. The predicted octanol–water partition coefficient (Wildman–Crippen LogP) is 1.56. The monoisotopic (exact) mass is 1020 g/mol. The van der Waals surface area contributed by atoms with Gasteiger partial charge in [-0.05, 0) is 86.7 Å². The van der Waals surface area contributed by atoms with Crippen LogP contribution in [0.5, 0.6) is 0 Å². The van der Waals surface area contributed by atoms with Gasteiger partial charge in [0.15, 0.2) is 5.60 Å². The van der Waals surface area contributed by atoms with Crippen molar-refractivity contribution in [2.45, 2.75) is 109 Å². The third kappa shape index (κ3) is 11.4. The molecule has 0 bridgehead atoms. The highest BCUT2D eigenvalue weighted by molar-refractivity contribution is 6.12. The number of unbranched alkanes of at least 4 members (excludes halogenated alkanes) is 3. The highest BCUT2D eigenvalue weighted by atomic mass is 19.1. The summed E-state index contributed by atoms with van der Waals surface area (Å²) in [6, 6.07) is 10.7. The maximum absolute atomic E-state index is 15.4. The fourth-order valence-electron chi connectivity index (χ4n) is 10.1. The average Bonchev–Trinajstić information content (AvgIpc) is 3.95. The Morgan fingerprint density at radius 1 is 0.838 bits per heavy atom. The molecular formula is C53H60FN9O11. The largest absolute Gasteiger partial charge is 0.458 e. The van der Waals surface area contributed by atoms with Gasteiger partial charge in [0.25, 0.3) is 17.4 Å². The molecule has 2 aromatic heterocycles. The Hall–Kier alpha value is -7.65. The zero-order chi connectivity index (χ0) is 52.7. The van der Waals surface area contributed by atoms with E-state index in [1.165, 1.54) is 18.2 Å². The van der Waals surface area contributed by atoms with Crippen LogP contribution in [0.4, 0.5) is 4.39 Å². The summed E-state index contributed by atoms with van der Waals surface area (Å²) in [5, 5.41) is 28.8. The number of hydrogen-bond acceptors (Lipinski definition) is 13. The lowest BCUT2D eigenvalue weighted by molar-refractivity contribution is -0.172. The Morgan fingerprint density at radius 3 is 2.30 bits per heavy atom. The maximum Gasteiger partial charge on any atom is 0.343 e. The van der Waals surface area contributed by atoms with Gasteiger partial charge in [0.05, 0.1) is 48.6 Å². The number of carbonyl (C=O) groups is 8. The number of amides is 7. The molecule has 390 valence electrons. The molecule has 1 aliphatic carbocycles. The highest BCUT2D eigenvalue weighted by Gasteiger charge is 2.46. The number of nitrogens with one attached hydrogen (secondary N) is 6. The molecular weight excluding hydrogens is 958 g/mol. The number of cyclic esters (lactones) is 1. The molecule has 5 heterocycles. The molecule has 4 aromatic rings. The smallest absolute Gasteiger partial charge is 0.343 e. The Kier molecular flexibility index (Phi) is 16.4. The summed E-state index contributed by atoms with van der Waals surface area (Å²) < 4.78 is 22.2. The van der Waals surface area contributed by atoms with Crippen molar-refractivity contribution in [1.29, 1.82) is 0 Å². The molecule has 0 fully saturated rings. The fourth-order valence-corrected chi connectivity index (χ4v) is 10.1. The van der Waals surface area contributed by atoms with Gasteiger partial charge in [-0.3, -0.25) is 43.3 Å². The first kappa shape index (κ1) is 52.7. The van der Waals surface area contributed by atoms with Gasteiger partial charge in [-0.1, -0.05) is 43.7 Å². The van der Waals surface area contributed by atoms with Gasteiger partial charge in [0.1, 0.15) is 18.5 Å². The number of halogens is 1. The van der Waals surface area contributed by atoms with E-state index in [1.807, 2.05) is 0 Å². The molecule has 8 rings (SSSR count). The second kappa shape index (κ2) is 23.1. The van der Waals surface area contributed by atoms with Crippen LogP contribution in [0.15, 0.2) is 59.4 Å². The molecule has 74 heavy (non-hydrogen) atoms. The number of aryl methyl sites for hydroxylation is 1. The molecule has 0 saturated heterocycles. The number of benzene rings is 2. The third-order valence-corrected chi connectivity index (χ3v) is 14.1. The van der Waals surface area contributed by atoms with E-state index < -0.39 is 47.8 Å². The number of hydrogen-bond donors (Lipinski definition) is 7. The number of esters is 1. The number of rotatable bonds is 23. The SMILES string of the molecule is CC[C@@]1(O)C(=O)OCc2c1cc1n(c2=O)Cc2c-1nc1cc(F)c(C)c3c1c2[C@@H](NCCCCNC(=O)CNC(=O)[C@H](Cc1ccccc1)NC(=O)CNC(=O)CNC(=O)CCCCCN1C(=O)C=CC1=O)CC3.